The van der Waals surface area contributed by atoms with Gasteiger partial charge >= 0.3 is 12.1 Å². The molecule has 0 radical (unpaired) electrons. The fraction of sp³-hybridized carbons (Fsp3) is 0.522. The number of amides is 1. The van der Waals surface area contributed by atoms with E-state index in [9.17, 15) is 14.4 Å². The minimum absolute atomic E-state index is 0.00851. The number of alkyl carbamates (subject to hydrolysis) is 1. The molecule has 0 spiro atoms. The number of carbonyl (C=O) groups excluding carboxylic acids is 2. The molecule has 170 valence electrons. The molecule has 8 heteroatoms. The molecule has 2 aromatic rings. The Morgan fingerprint density at radius 2 is 1.94 bits per heavy atom. The molecule has 0 fully saturated rings. The van der Waals surface area contributed by atoms with Gasteiger partial charge in [-0.15, -0.1) is 0 Å². The van der Waals surface area contributed by atoms with Crippen LogP contribution in [-0.4, -0.2) is 49.1 Å². The minimum atomic E-state index is -0.632. The number of aromatic nitrogens is 1. The van der Waals surface area contributed by atoms with Gasteiger partial charge < -0.3 is 24.1 Å². The molecule has 0 aliphatic rings. The van der Waals surface area contributed by atoms with E-state index in [0.29, 0.717) is 37.9 Å². The maximum absolute atomic E-state index is 13.0. The Balaban J connectivity index is 2.21. The molecule has 8 nitrogen and oxygen atoms in total. The molecule has 2 rings (SSSR count). The van der Waals surface area contributed by atoms with E-state index in [1.54, 1.807) is 20.1 Å². The average molecular weight is 433 g/mol. The third kappa shape index (κ3) is 7.10. The zero-order valence-corrected chi connectivity index (χ0v) is 18.9. The largest absolute Gasteiger partial charge is 0.462 e. The van der Waals surface area contributed by atoms with Gasteiger partial charge in [-0.1, -0.05) is 6.07 Å². The van der Waals surface area contributed by atoms with E-state index >= 15 is 0 Å². The first-order chi connectivity index (χ1) is 14.7. The molecule has 1 N–H and O–H groups in total. The molecular formula is C23H32N2O6. The molecule has 0 aliphatic heterocycles. The average Bonchev–Trinajstić information content (AvgIpc) is 2.69. The van der Waals surface area contributed by atoms with Crippen molar-refractivity contribution >= 4 is 23.0 Å². The molecule has 0 saturated heterocycles. The van der Waals surface area contributed by atoms with Gasteiger partial charge in [-0.25, -0.2) is 9.59 Å². The first kappa shape index (κ1) is 24.4. The summed E-state index contributed by atoms with van der Waals surface area (Å²) in [6.45, 7) is 8.72. The van der Waals surface area contributed by atoms with Crippen molar-refractivity contribution in [2.24, 2.45) is 0 Å². The number of ether oxygens (including phenoxy) is 3. The number of esters is 1. The second-order valence-corrected chi connectivity index (χ2v) is 8.16. The lowest BCUT2D eigenvalue weighted by molar-refractivity contribution is 0.0515. The third-order valence-corrected chi connectivity index (χ3v) is 4.49. The summed E-state index contributed by atoms with van der Waals surface area (Å²) in [5.74, 6) is -0.632. The summed E-state index contributed by atoms with van der Waals surface area (Å²) >= 11 is 0. The smallest absolute Gasteiger partial charge is 0.407 e. The molecule has 0 bridgehead atoms. The van der Waals surface area contributed by atoms with E-state index in [1.165, 1.54) is 6.20 Å². The Morgan fingerprint density at radius 1 is 1.19 bits per heavy atom. The molecule has 1 amide bonds. The molecule has 1 heterocycles. The van der Waals surface area contributed by atoms with Crippen molar-refractivity contribution in [3.8, 4) is 0 Å². The summed E-state index contributed by atoms with van der Waals surface area (Å²) in [6, 6.07) is 5.62. The number of pyridine rings is 1. The molecule has 0 unspecified atom stereocenters. The lowest BCUT2D eigenvalue weighted by atomic mass is 10.0. The molecule has 0 atom stereocenters. The second kappa shape index (κ2) is 10.9. The van der Waals surface area contributed by atoms with Crippen LogP contribution in [0.3, 0.4) is 0 Å². The summed E-state index contributed by atoms with van der Waals surface area (Å²) in [7, 11) is 1.60. The van der Waals surface area contributed by atoms with Crippen LogP contribution in [0, 0.1) is 0 Å². The second-order valence-electron chi connectivity index (χ2n) is 8.16. The van der Waals surface area contributed by atoms with Crippen molar-refractivity contribution in [3.05, 3.63) is 45.7 Å². The Kier molecular flexibility index (Phi) is 8.62. The van der Waals surface area contributed by atoms with E-state index in [2.05, 4.69) is 5.32 Å². The number of nitrogens with one attached hydrogen (secondary N) is 1. The summed E-state index contributed by atoms with van der Waals surface area (Å²) in [5, 5.41) is 3.18. The van der Waals surface area contributed by atoms with E-state index in [4.69, 9.17) is 14.2 Å². The first-order valence-corrected chi connectivity index (χ1v) is 10.4. The molecule has 0 saturated carbocycles. The first-order valence-electron chi connectivity index (χ1n) is 10.4. The van der Waals surface area contributed by atoms with E-state index in [0.717, 1.165) is 11.1 Å². The van der Waals surface area contributed by atoms with E-state index < -0.39 is 17.7 Å². The van der Waals surface area contributed by atoms with Crippen LogP contribution >= 0.6 is 0 Å². The number of hydrogen-bond acceptors (Lipinski definition) is 6. The van der Waals surface area contributed by atoms with Crippen LogP contribution in [0.5, 0.6) is 0 Å². The lowest BCUT2D eigenvalue weighted by Crippen LogP contribution is -2.33. The minimum Gasteiger partial charge on any atom is -0.462 e. The molecular weight excluding hydrogens is 400 g/mol. The fourth-order valence-electron chi connectivity index (χ4n) is 3.13. The van der Waals surface area contributed by atoms with Crippen molar-refractivity contribution < 1.29 is 23.8 Å². The fourth-order valence-corrected chi connectivity index (χ4v) is 3.13. The van der Waals surface area contributed by atoms with Crippen molar-refractivity contribution in [1.29, 1.82) is 0 Å². The van der Waals surface area contributed by atoms with Gasteiger partial charge in [-0.3, -0.25) is 4.79 Å². The zero-order valence-electron chi connectivity index (χ0n) is 18.9. The number of carbonyl (C=O) groups is 2. The monoisotopic (exact) mass is 432 g/mol. The van der Waals surface area contributed by atoms with Crippen LogP contribution < -0.4 is 10.7 Å². The van der Waals surface area contributed by atoms with Gasteiger partial charge in [-0.2, -0.15) is 0 Å². The highest BCUT2D eigenvalue weighted by atomic mass is 16.6. The Morgan fingerprint density at radius 3 is 2.58 bits per heavy atom. The van der Waals surface area contributed by atoms with Crippen molar-refractivity contribution in [2.45, 2.75) is 52.7 Å². The number of hydrogen-bond donors (Lipinski definition) is 1. The highest BCUT2D eigenvalue weighted by molar-refractivity contribution is 5.94. The van der Waals surface area contributed by atoms with Gasteiger partial charge in [0.1, 0.15) is 11.2 Å². The van der Waals surface area contributed by atoms with Crippen molar-refractivity contribution in [3.63, 3.8) is 0 Å². The topological polar surface area (TPSA) is 95.9 Å². The molecule has 0 aliphatic carbocycles. The van der Waals surface area contributed by atoms with Crippen LogP contribution in [0.2, 0.25) is 0 Å². The van der Waals surface area contributed by atoms with Gasteiger partial charge in [0.15, 0.2) is 0 Å². The van der Waals surface area contributed by atoms with Crippen LogP contribution in [0.25, 0.3) is 10.9 Å². The maximum Gasteiger partial charge on any atom is 0.407 e. The number of fused-ring (bicyclic) bond motifs is 1. The van der Waals surface area contributed by atoms with E-state index in [1.807, 2.05) is 37.5 Å². The van der Waals surface area contributed by atoms with Gasteiger partial charge in [-0.05, 0) is 58.2 Å². The number of methoxy groups -OCH3 is 1. The third-order valence-electron chi connectivity index (χ3n) is 4.49. The summed E-state index contributed by atoms with van der Waals surface area (Å²) < 4.78 is 17.2. The van der Waals surface area contributed by atoms with Gasteiger partial charge in [0.25, 0.3) is 0 Å². The number of nitrogens with zero attached hydrogens (tertiary/aromatic N) is 1. The van der Waals surface area contributed by atoms with Crippen LogP contribution in [-0.2, 0) is 27.2 Å². The summed E-state index contributed by atoms with van der Waals surface area (Å²) in [5.41, 5.74) is 0.785. The number of benzene rings is 1. The highest BCUT2D eigenvalue weighted by Crippen LogP contribution is 2.16. The predicted octanol–water partition coefficient (Wildman–Crippen LogP) is 3.28. The molecule has 1 aromatic heterocycles. The normalized spacial score (nSPS) is 11.4. The highest BCUT2D eigenvalue weighted by Gasteiger charge is 2.17. The molecule has 31 heavy (non-hydrogen) atoms. The Bertz CT molecular complexity index is 974. The Labute approximate surface area is 182 Å². The van der Waals surface area contributed by atoms with Crippen LogP contribution in [0.4, 0.5) is 4.79 Å². The lowest BCUT2D eigenvalue weighted by Gasteiger charge is -2.19. The van der Waals surface area contributed by atoms with Gasteiger partial charge in [0.2, 0.25) is 5.43 Å². The van der Waals surface area contributed by atoms with Crippen molar-refractivity contribution in [1.82, 2.24) is 9.88 Å². The van der Waals surface area contributed by atoms with E-state index in [-0.39, 0.29) is 17.6 Å². The standard InChI is InChI=1S/C23H32N2O6/c1-6-30-21(27)18-15-25(12-13-29-5)19-10-9-16(14-17(19)20(18)26)8-7-11-24-22(28)31-23(2,3)4/h9-10,14-15H,6-8,11-13H2,1-5H3,(H,24,28). The van der Waals surface area contributed by atoms with Gasteiger partial charge in [0.05, 0.1) is 18.7 Å². The van der Waals surface area contributed by atoms with Gasteiger partial charge in [0, 0.05) is 31.8 Å². The number of rotatable bonds is 9. The predicted molar refractivity (Wildman–Crippen MR) is 119 cm³/mol. The summed E-state index contributed by atoms with van der Waals surface area (Å²) in [4.78, 5) is 37.0. The van der Waals surface area contributed by atoms with Crippen LogP contribution in [0.15, 0.2) is 29.2 Å². The molecule has 1 aromatic carbocycles. The SMILES string of the molecule is CCOC(=O)c1cn(CCOC)c2ccc(CCCNC(=O)OC(C)(C)C)cc2c1=O. The zero-order chi connectivity index (χ0) is 23.0. The quantitative estimate of drug-likeness (QED) is 0.483. The summed E-state index contributed by atoms with van der Waals surface area (Å²) in [6.07, 6.45) is 2.42. The Hall–Kier alpha value is -2.87. The maximum atomic E-state index is 13.0. The van der Waals surface area contributed by atoms with Crippen molar-refractivity contribution in [2.75, 3.05) is 26.9 Å². The number of aryl methyl sites for hydroxylation is 1. The van der Waals surface area contributed by atoms with Crippen LogP contribution in [0.1, 0.15) is 50.0 Å².